The largest absolute Gasteiger partial charge is 0.456 e. The maximum atomic E-state index is 7.56. The summed E-state index contributed by atoms with van der Waals surface area (Å²) in [5.74, 6) is 1.72. The van der Waals surface area contributed by atoms with E-state index in [4.69, 9.17) is 13.6 Å². The summed E-state index contributed by atoms with van der Waals surface area (Å²) in [6.45, 7) is 0. The molecule has 1 atom stereocenters. The van der Waals surface area contributed by atoms with Gasteiger partial charge in [0.1, 0.15) is 33.8 Å². The van der Waals surface area contributed by atoms with E-state index in [9.17, 15) is 0 Å². The van der Waals surface area contributed by atoms with Crippen molar-refractivity contribution in [3.8, 4) is 33.8 Å². The fraction of sp³-hybridized carbons (Fsp3) is 0.0278. The third-order valence-corrected chi connectivity index (χ3v) is 16.7. The van der Waals surface area contributed by atoms with E-state index in [1.807, 2.05) is 12.1 Å². The van der Waals surface area contributed by atoms with Crippen molar-refractivity contribution in [2.24, 2.45) is 0 Å². The molecular formula is C72H43NO3. The Balaban J connectivity index is 0.913. The van der Waals surface area contributed by atoms with E-state index in [0.717, 1.165) is 88.8 Å². The van der Waals surface area contributed by atoms with Crippen LogP contribution in [0.1, 0.15) is 34.1 Å². The summed E-state index contributed by atoms with van der Waals surface area (Å²) in [7, 11) is 0. The van der Waals surface area contributed by atoms with E-state index in [1.165, 1.54) is 71.3 Å². The monoisotopic (exact) mass is 969 g/mol. The summed E-state index contributed by atoms with van der Waals surface area (Å²) in [4.78, 5) is 2.34. The van der Waals surface area contributed by atoms with Gasteiger partial charge in [0.25, 0.3) is 0 Å². The van der Waals surface area contributed by atoms with Gasteiger partial charge in [-0.05, 0) is 126 Å². The average Bonchev–Trinajstić information content (AvgIpc) is 4.27. The predicted molar refractivity (Wildman–Crippen MR) is 313 cm³/mol. The average molecular weight is 970 g/mol. The Morgan fingerprint density at radius 2 is 0.737 bits per heavy atom. The van der Waals surface area contributed by atoms with Crippen molar-refractivity contribution in [1.82, 2.24) is 0 Å². The molecule has 0 saturated carbocycles. The van der Waals surface area contributed by atoms with Crippen LogP contribution in [-0.2, 0) is 0 Å². The maximum Gasteiger partial charge on any atom is 0.139 e. The first-order chi connectivity index (χ1) is 37.7. The Kier molecular flexibility index (Phi) is 8.64. The van der Waals surface area contributed by atoms with E-state index in [0.29, 0.717) is 0 Å². The minimum absolute atomic E-state index is 0.0577. The molecular weight excluding hydrogens is 927 g/mol. The zero-order chi connectivity index (χ0) is 49.6. The molecule has 0 N–H and O–H groups in total. The molecule has 1 unspecified atom stereocenters. The molecule has 0 radical (unpaired) electrons. The first-order valence-electron chi connectivity index (χ1n) is 26.2. The van der Waals surface area contributed by atoms with Gasteiger partial charge in [0, 0.05) is 72.3 Å². The van der Waals surface area contributed by atoms with Crippen molar-refractivity contribution < 1.29 is 13.6 Å². The van der Waals surface area contributed by atoms with Crippen LogP contribution in [0, 0.1) is 0 Å². The third kappa shape index (κ3) is 5.78. The van der Waals surface area contributed by atoms with Crippen molar-refractivity contribution in [1.29, 1.82) is 0 Å². The number of furan rings is 2. The number of benzene rings is 13. The molecule has 0 saturated heterocycles. The number of hydrogen-bond donors (Lipinski definition) is 0. The second kappa shape index (κ2) is 15.8. The van der Waals surface area contributed by atoms with Crippen LogP contribution in [0.3, 0.4) is 0 Å². The highest BCUT2D eigenvalue weighted by Crippen LogP contribution is 2.64. The molecule has 2 aromatic heterocycles. The zero-order valence-corrected chi connectivity index (χ0v) is 41.0. The van der Waals surface area contributed by atoms with Crippen LogP contribution >= 0.6 is 0 Å². The number of nitrogens with zero attached hydrogens (tertiary/aromatic N) is 1. The lowest BCUT2D eigenvalue weighted by Crippen LogP contribution is -2.19. The Bertz CT molecular complexity index is 4820. The Morgan fingerprint density at radius 1 is 0.276 bits per heavy atom. The summed E-state index contributed by atoms with van der Waals surface area (Å²) < 4.78 is 20.7. The SMILES string of the molecule is c1ccc(N(c2ccc3oc4ccccc4c3c2)c2ccc3oc4cccc(-c5cccc6c5-c5ccccc5C6C5c6c(c7ccccc7c7ccccc67)Oc6c5c5ccccc5c5ccccc65)c4c3c2)cc1. The van der Waals surface area contributed by atoms with Crippen LogP contribution in [0.5, 0.6) is 11.5 Å². The normalized spacial score (nSPS) is 14.0. The highest BCUT2D eigenvalue weighted by Gasteiger charge is 2.44. The van der Waals surface area contributed by atoms with Crippen LogP contribution in [0.15, 0.2) is 258 Å². The van der Waals surface area contributed by atoms with E-state index in [-0.39, 0.29) is 11.8 Å². The first-order valence-corrected chi connectivity index (χ1v) is 26.2. The highest BCUT2D eigenvalue weighted by molar-refractivity contribution is 6.18. The molecule has 4 nitrogen and oxygen atoms in total. The molecule has 2 aliphatic rings. The highest BCUT2D eigenvalue weighted by atomic mass is 16.5. The fourth-order valence-corrected chi connectivity index (χ4v) is 13.6. The number of rotatable bonds is 5. The quantitative estimate of drug-likeness (QED) is 0.161. The zero-order valence-electron chi connectivity index (χ0n) is 41.0. The van der Waals surface area contributed by atoms with Crippen LogP contribution in [0.2, 0.25) is 0 Å². The molecule has 17 rings (SSSR count). The summed E-state index contributed by atoms with van der Waals surface area (Å²) in [5, 5.41) is 13.9. The summed E-state index contributed by atoms with van der Waals surface area (Å²) in [6, 6.07) is 90.3. The van der Waals surface area contributed by atoms with Crippen molar-refractivity contribution >= 4 is 104 Å². The van der Waals surface area contributed by atoms with Gasteiger partial charge in [-0.3, -0.25) is 0 Å². The smallest absolute Gasteiger partial charge is 0.139 e. The van der Waals surface area contributed by atoms with Crippen LogP contribution in [0.25, 0.3) is 109 Å². The molecule has 0 fully saturated rings. The molecule has 0 spiro atoms. The topological polar surface area (TPSA) is 38.8 Å². The minimum Gasteiger partial charge on any atom is -0.456 e. The number of ether oxygens (including phenoxy) is 1. The summed E-state index contributed by atoms with van der Waals surface area (Å²) >= 11 is 0. The van der Waals surface area contributed by atoms with Crippen LogP contribution in [-0.4, -0.2) is 0 Å². The molecule has 15 aromatic rings. The third-order valence-electron chi connectivity index (χ3n) is 16.7. The van der Waals surface area contributed by atoms with Gasteiger partial charge in [-0.25, -0.2) is 0 Å². The molecule has 0 bridgehead atoms. The number of fused-ring (bicyclic) bond motifs is 21. The summed E-state index contributed by atoms with van der Waals surface area (Å²) in [6.07, 6.45) is 0. The molecule has 1 aliphatic heterocycles. The van der Waals surface area contributed by atoms with Gasteiger partial charge in [0.05, 0.1) is 0 Å². The molecule has 13 aromatic carbocycles. The van der Waals surface area contributed by atoms with E-state index >= 15 is 0 Å². The number of anilines is 3. The number of para-hydroxylation sites is 2. The van der Waals surface area contributed by atoms with Gasteiger partial charge < -0.3 is 18.5 Å². The van der Waals surface area contributed by atoms with Gasteiger partial charge in [-0.1, -0.05) is 188 Å². The van der Waals surface area contributed by atoms with Gasteiger partial charge in [-0.15, -0.1) is 0 Å². The molecule has 3 heterocycles. The first kappa shape index (κ1) is 41.6. The van der Waals surface area contributed by atoms with Gasteiger partial charge in [0.2, 0.25) is 0 Å². The molecule has 4 heteroatoms. The van der Waals surface area contributed by atoms with Crippen LogP contribution in [0.4, 0.5) is 17.1 Å². The van der Waals surface area contributed by atoms with Gasteiger partial charge >= 0.3 is 0 Å². The molecule has 1 aliphatic carbocycles. The van der Waals surface area contributed by atoms with E-state index in [1.54, 1.807) is 0 Å². The fourth-order valence-electron chi connectivity index (χ4n) is 13.6. The standard InChI is InChI=1S/C72H43NO3/c1-2-18-42(19-3-1)73(43-36-38-62-59(40-43)49-24-14-15-34-61(49)74-62)44-37-39-63-60(41-44)66-54(32-17-35-64(66)75-63)53-31-16-33-58-65(53)52-27-10-11-28-55(52)67(58)70-68-50-25-8-4-20-45(50)47-22-6-12-29-56(47)71(68)76-72-57-30-13-7-23-48(57)46-21-5-9-26-51(46)69(70)72/h1-41,67,70H. The van der Waals surface area contributed by atoms with Gasteiger partial charge in [-0.2, -0.15) is 0 Å². The summed E-state index contributed by atoms with van der Waals surface area (Å²) in [5.41, 5.74) is 16.5. The van der Waals surface area contributed by atoms with Crippen molar-refractivity contribution in [3.05, 3.63) is 271 Å². The van der Waals surface area contributed by atoms with Crippen LogP contribution < -0.4 is 9.64 Å². The van der Waals surface area contributed by atoms with Gasteiger partial charge in [0.15, 0.2) is 0 Å². The Morgan fingerprint density at radius 3 is 1.42 bits per heavy atom. The Hall–Kier alpha value is -9.90. The number of hydrogen-bond acceptors (Lipinski definition) is 4. The second-order valence-corrected chi connectivity index (χ2v) is 20.5. The van der Waals surface area contributed by atoms with Crippen molar-refractivity contribution in [3.63, 3.8) is 0 Å². The lowest BCUT2D eigenvalue weighted by atomic mass is 9.70. The lowest BCUT2D eigenvalue weighted by Gasteiger charge is -2.36. The second-order valence-electron chi connectivity index (χ2n) is 20.5. The lowest BCUT2D eigenvalue weighted by molar-refractivity contribution is 0.453. The minimum atomic E-state index is -0.114. The predicted octanol–water partition coefficient (Wildman–Crippen LogP) is 20.3. The van der Waals surface area contributed by atoms with Crippen molar-refractivity contribution in [2.45, 2.75) is 11.8 Å². The van der Waals surface area contributed by atoms with E-state index in [2.05, 4.69) is 241 Å². The van der Waals surface area contributed by atoms with Crippen molar-refractivity contribution in [2.75, 3.05) is 4.90 Å². The van der Waals surface area contributed by atoms with E-state index < -0.39 is 0 Å². The molecule has 76 heavy (non-hydrogen) atoms. The molecule has 0 amide bonds. The molecule has 354 valence electrons. The maximum absolute atomic E-state index is 7.56. The Labute approximate surface area is 436 Å².